The molecule has 0 radical (unpaired) electrons. The van der Waals surface area contributed by atoms with Crippen LogP contribution in [0.3, 0.4) is 0 Å². The van der Waals surface area contributed by atoms with Crippen molar-refractivity contribution >= 4 is 27.3 Å². The molecule has 0 unspecified atom stereocenters. The Kier molecular flexibility index (Phi) is 3.97. The number of nitrogens with one attached hydrogen (secondary N) is 2. The number of rotatable bonds is 3. The van der Waals surface area contributed by atoms with Crippen molar-refractivity contribution in [3.63, 3.8) is 0 Å². The summed E-state index contributed by atoms with van der Waals surface area (Å²) in [4.78, 5) is 26.7. The number of fused-ring (bicyclic) bond motifs is 1. The zero-order chi connectivity index (χ0) is 16.7. The molecule has 3 rings (SSSR count). The maximum absolute atomic E-state index is 13.1. The van der Waals surface area contributed by atoms with E-state index in [1.807, 2.05) is 0 Å². The van der Waals surface area contributed by atoms with Crippen LogP contribution >= 0.6 is 11.3 Å². The molecule has 0 spiro atoms. The summed E-state index contributed by atoms with van der Waals surface area (Å²) in [6, 6.07) is 3.30. The van der Waals surface area contributed by atoms with Gasteiger partial charge in [-0.15, -0.1) is 11.3 Å². The lowest BCUT2D eigenvalue weighted by atomic mass is 9.83. The summed E-state index contributed by atoms with van der Waals surface area (Å²) in [7, 11) is 0. The maximum Gasteiger partial charge on any atom is 0.265 e. The first-order valence-corrected chi connectivity index (χ1v) is 8.09. The van der Waals surface area contributed by atoms with Gasteiger partial charge in [-0.25, -0.2) is 8.78 Å². The minimum Gasteiger partial charge on any atom is -0.388 e. The number of hydrogen-bond donors (Lipinski definition) is 3. The number of alkyl halides is 2. The van der Waals surface area contributed by atoms with Gasteiger partial charge in [-0.2, -0.15) is 0 Å². The minimum atomic E-state index is -2.73. The molecule has 2 aromatic heterocycles. The normalized spacial score (nSPS) is 19.6. The summed E-state index contributed by atoms with van der Waals surface area (Å²) in [6.45, 7) is -0.0769. The van der Waals surface area contributed by atoms with Gasteiger partial charge in [-0.3, -0.25) is 9.59 Å². The van der Waals surface area contributed by atoms with Gasteiger partial charge in [0.25, 0.3) is 11.5 Å². The van der Waals surface area contributed by atoms with Crippen molar-refractivity contribution in [2.45, 2.75) is 37.2 Å². The van der Waals surface area contributed by atoms with E-state index >= 15 is 0 Å². The number of aliphatic hydroxyl groups is 1. The highest BCUT2D eigenvalue weighted by atomic mass is 32.1. The van der Waals surface area contributed by atoms with Crippen LogP contribution < -0.4 is 10.9 Å². The number of thiophene rings is 1. The summed E-state index contributed by atoms with van der Waals surface area (Å²) >= 11 is 1.06. The van der Waals surface area contributed by atoms with E-state index in [9.17, 15) is 23.5 Å². The molecule has 1 aliphatic rings. The Morgan fingerprint density at radius 3 is 2.70 bits per heavy atom. The molecule has 0 bridgehead atoms. The number of amides is 1. The van der Waals surface area contributed by atoms with Crippen molar-refractivity contribution in [3.05, 3.63) is 33.6 Å². The van der Waals surface area contributed by atoms with Crippen LogP contribution in [0, 0.1) is 0 Å². The third kappa shape index (κ3) is 3.42. The second kappa shape index (κ2) is 5.68. The molecule has 8 heteroatoms. The molecule has 2 aromatic rings. The van der Waals surface area contributed by atoms with Crippen molar-refractivity contribution < 1.29 is 18.7 Å². The number of carbonyl (C=O) groups is 1. The number of aromatic amines is 1. The Balaban J connectivity index is 1.67. The standard InChI is InChI=1S/C15H16F2N2O3S/c16-15(17)4-2-14(22,3-5-15)8-19-12(20)10-7-9-1-6-18-13(21)11(9)23-10/h1,6-7,22H,2-5,8H2,(H,18,21)(H,19,20). The number of halogens is 2. The van der Waals surface area contributed by atoms with Gasteiger partial charge in [0.1, 0.15) is 4.70 Å². The second-order valence-electron chi connectivity index (χ2n) is 5.96. The van der Waals surface area contributed by atoms with Gasteiger partial charge in [0.2, 0.25) is 5.92 Å². The van der Waals surface area contributed by atoms with Crippen LogP contribution in [0.4, 0.5) is 8.78 Å². The van der Waals surface area contributed by atoms with Gasteiger partial charge in [0.15, 0.2) is 0 Å². The Hall–Kier alpha value is -1.80. The van der Waals surface area contributed by atoms with E-state index in [2.05, 4.69) is 10.3 Å². The largest absolute Gasteiger partial charge is 0.388 e. The lowest BCUT2D eigenvalue weighted by Crippen LogP contribution is -2.47. The number of hydrogen-bond acceptors (Lipinski definition) is 4. The van der Waals surface area contributed by atoms with Gasteiger partial charge >= 0.3 is 0 Å². The average Bonchev–Trinajstić information content (AvgIpc) is 2.94. The molecule has 2 heterocycles. The lowest BCUT2D eigenvalue weighted by molar-refractivity contribution is -0.101. The minimum absolute atomic E-state index is 0.0492. The van der Waals surface area contributed by atoms with Gasteiger partial charge in [0.05, 0.1) is 10.5 Å². The summed E-state index contributed by atoms with van der Waals surface area (Å²) < 4.78 is 26.7. The molecule has 1 amide bonds. The molecule has 124 valence electrons. The highest BCUT2D eigenvalue weighted by molar-refractivity contribution is 7.20. The predicted octanol–water partition coefficient (Wildman–Crippen LogP) is 2.26. The molecule has 0 aromatic carbocycles. The number of carbonyl (C=O) groups excluding carboxylic acids is 1. The average molecular weight is 342 g/mol. The van der Waals surface area contributed by atoms with Crippen molar-refractivity contribution in [1.29, 1.82) is 0 Å². The fourth-order valence-corrected chi connectivity index (χ4v) is 3.65. The third-order valence-electron chi connectivity index (χ3n) is 4.16. The molecule has 0 saturated heterocycles. The van der Waals surface area contributed by atoms with Crippen LogP contribution in [0.1, 0.15) is 35.4 Å². The predicted molar refractivity (Wildman–Crippen MR) is 83.1 cm³/mol. The summed E-state index contributed by atoms with van der Waals surface area (Å²) in [6.07, 6.45) is 0.651. The Bertz CT molecular complexity index is 789. The van der Waals surface area contributed by atoms with E-state index in [1.54, 1.807) is 12.1 Å². The molecular weight excluding hydrogens is 326 g/mol. The van der Waals surface area contributed by atoms with Crippen molar-refractivity contribution in [2.75, 3.05) is 6.54 Å². The van der Waals surface area contributed by atoms with Crippen LogP contribution in [0.5, 0.6) is 0 Å². The van der Waals surface area contributed by atoms with Gasteiger partial charge in [-0.1, -0.05) is 0 Å². The molecule has 0 aliphatic heterocycles. The van der Waals surface area contributed by atoms with E-state index in [-0.39, 0.29) is 37.8 Å². The Morgan fingerprint density at radius 1 is 1.35 bits per heavy atom. The van der Waals surface area contributed by atoms with Crippen LogP contribution in [0.25, 0.3) is 10.1 Å². The highest BCUT2D eigenvalue weighted by Gasteiger charge is 2.42. The molecule has 0 atom stereocenters. The van der Waals surface area contributed by atoms with Crippen LogP contribution in [0.15, 0.2) is 23.1 Å². The Morgan fingerprint density at radius 2 is 2.04 bits per heavy atom. The summed E-state index contributed by atoms with van der Waals surface area (Å²) in [5, 5.41) is 13.5. The van der Waals surface area contributed by atoms with E-state index in [0.29, 0.717) is 15.0 Å². The van der Waals surface area contributed by atoms with Crippen molar-refractivity contribution in [2.24, 2.45) is 0 Å². The monoisotopic (exact) mass is 342 g/mol. The Labute approximate surface area is 134 Å². The van der Waals surface area contributed by atoms with E-state index in [4.69, 9.17) is 0 Å². The molecule has 3 N–H and O–H groups in total. The first-order valence-electron chi connectivity index (χ1n) is 7.28. The van der Waals surface area contributed by atoms with Gasteiger partial charge < -0.3 is 15.4 Å². The zero-order valence-corrected chi connectivity index (χ0v) is 13.0. The first-order chi connectivity index (χ1) is 10.8. The lowest BCUT2D eigenvalue weighted by Gasteiger charge is -2.35. The van der Waals surface area contributed by atoms with Crippen molar-refractivity contribution in [3.8, 4) is 0 Å². The van der Waals surface area contributed by atoms with E-state index < -0.39 is 17.4 Å². The van der Waals surface area contributed by atoms with E-state index in [1.165, 1.54) is 6.20 Å². The zero-order valence-electron chi connectivity index (χ0n) is 12.2. The van der Waals surface area contributed by atoms with E-state index in [0.717, 1.165) is 11.3 Å². The smallest absolute Gasteiger partial charge is 0.265 e. The summed E-state index contributed by atoms with van der Waals surface area (Å²) in [5.41, 5.74) is -1.56. The van der Waals surface area contributed by atoms with Crippen molar-refractivity contribution in [1.82, 2.24) is 10.3 Å². The highest BCUT2D eigenvalue weighted by Crippen LogP contribution is 2.38. The fourth-order valence-electron chi connectivity index (χ4n) is 2.68. The first kappa shape index (κ1) is 16.1. The molecule has 1 aliphatic carbocycles. The second-order valence-corrected chi connectivity index (χ2v) is 7.02. The summed E-state index contributed by atoms with van der Waals surface area (Å²) in [5.74, 6) is -3.15. The SMILES string of the molecule is O=C(NCC1(O)CCC(F)(F)CC1)c1cc2cc[nH]c(=O)c2s1. The molecular formula is C15H16F2N2O3S. The van der Waals surface area contributed by atoms with Crippen LogP contribution in [-0.2, 0) is 0 Å². The molecule has 5 nitrogen and oxygen atoms in total. The maximum atomic E-state index is 13.1. The number of pyridine rings is 1. The van der Waals surface area contributed by atoms with Crippen LogP contribution in [-0.4, -0.2) is 34.1 Å². The van der Waals surface area contributed by atoms with Gasteiger partial charge in [-0.05, 0) is 25.0 Å². The fraction of sp³-hybridized carbons (Fsp3) is 0.467. The molecule has 1 saturated carbocycles. The topological polar surface area (TPSA) is 82.2 Å². The third-order valence-corrected chi connectivity index (χ3v) is 5.31. The number of H-pyrrole nitrogens is 1. The number of aromatic nitrogens is 1. The van der Waals surface area contributed by atoms with Gasteiger partial charge in [0, 0.05) is 31.0 Å². The van der Waals surface area contributed by atoms with Crippen LogP contribution in [0.2, 0.25) is 0 Å². The quantitative estimate of drug-likeness (QED) is 0.800. The molecule has 1 fully saturated rings. The molecule has 23 heavy (non-hydrogen) atoms.